The van der Waals surface area contributed by atoms with Crippen molar-refractivity contribution in [2.75, 3.05) is 11.9 Å². The summed E-state index contributed by atoms with van der Waals surface area (Å²) in [6.45, 7) is 7.29. The van der Waals surface area contributed by atoms with Crippen LogP contribution in [0.3, 0.4) is 0 Å². The summed E-state index contributed by atoms with van der Waals surface area (Å²) in [5.41, 5.74) is 2.50. The average molecular weight is 241 g/mol. The number of aromatic nitrogens is 2. The molecule has 0 saturated heterocycles. The molecule has 1 aromatic heterocycles. The van der Waals surface area contributed by atoms with Crippen molar-refractivity contribution in [1.82, 2.24) is 10.2 Å². The SMILES string of the molecule is Cc1cnnc(NCC(C)(C)c2ccccc2)c1. The predicted octanol–water partition coefficient (Wildman–Crippen LogP) is 3.17. The van der Waals surface area contributed by atoms with Gasteiger partial charge >= 0.3 is 0 Å². The topological polar surface area (TPSA) is 37.8 Å². The van der Waals surface area contributed by atoms with E-state index in [1.54, 1.807) is 6.20 Å². The Balaban J connectivity index is 2.05. The lowest BCUT2D eigenvalue weighted by molar-refractivity contribution is 0.555. The van der Waals surface area contributed by atoms with Crippen LogP contribution in [0.5, 0.6) is 0 Å². The molecule has 18 heavy (non-hydrogen) atoms. The lowest BCUT2D eigenvalue weighted by Gasteiger charge is -2.25. The number of hydrogen-bond acceptors (Lipinski definition) is 3. The number of hydrogen-bond donors (Lipinski definition) is 1. The molecule has 0 radical (unpaired) electrons. The molecule has 3 nitrogen and oxygen atoms in total. The van der Waals surface area contributed by atoms with Crippen LogP contribution in [0.25, 0.3) is 0 Å². The molecule has 2 aromatic rings. The highest BCUT2D eigenvalue weighted by atomic mass is 15.2. The zero-order valence-corrected chi connectivity index (χ0v) is 11.1. The Bertz CT molecular complexity index is 506. The molecule has 0 aliphatic rings. The maximum absolute atomic E-state index is 4.08. The quantitative estimate of drug-likeness (QED) is 0.893. The first-order valence-corrected chi connectivity index (χ1v) is 6.17. The minimum Gasteiger partial charge on any atom is -0.368 e. The third kappa shape index (κ3) is 3.06. The third-order valence-electron chi connectivity index (χ3n) is 3.06. The van der Waals surface area contributed by atoms with Crippen LogP contribution in [-0.4, -0.2) is 16.7 Å². The molecule has 3 heteroatoms. The van der Waals surface area contributed by atoms with E-state index >= 15 is 0 Å². The molecule has 1 aromatic carbocycles. The summed E-state index contributed by atoms with van der Waals surface area (Å²) >= 11 is 0. The zero-order chi connectivity index (χ0) is 13.0. The van der Waals surface area contributed by atoms with Crippen LogP contribution in [0.4, 0.5) is 5.82 Å². The monoisotopic (exact) mass is 241 g/mol. The van der Waals surface area contributed by atoms with Crippen molar-refractivity contribution in [2.24, 2.45) is 0 Å². The van der Waals surface area contributed by atoms with Crippen LogP contribution in [0.2, 0.25) is 0 Å². The largest absolute Gasteiger partial charge is 0.368 e. The maximum atomic E-state index is 4.08. The van der Waals surface area contributed by atoms with Crippen molar-refractivity contribution in [3.8, 4) is 0 Å². The van der Waals surface area contributed by atoms with Crippen molar-refractivity contribution >= 4 is 5.82 Å². The number of nitrogens with zero attached hydrogens (tertiary/aromatic N) is 2. The number of rotatable bonds is 4. The molecule has 94 valence electrons. The van der Waals surface area contributed by atoms with Gasteiger partial charge in [0.1, 0.15) is 5.82 Å². The molecule has 0 unspecified atom stereocenters. The highest BCUT2D eigenvalue weighted by Crippen LogP contribution is 2.23. The van der Waals surface area contributed by atoms with E-state index in [0.29, 0.717) is 0 Å². The first kappa shape index (κ1) is 12.6. The summed E-state index contributed by atoms with van der Waals surface area (Å²) in [4.78, 5) is 0. The third-order valence-corrected chi connectivity index (χ3v) is 3.06. The summed E-state index contributed by atoms with van der Waals surface area (Å²) in [6, 6.07) is 12.5. The zero-order valence-electron chi connectivity index (χ0n) is 11.1. The molecule has 0 fully saturated rings. The lowest BCUT2D eigenvalue weighted by Crippen LogP contribution is -2.27. The molecule has 0 aliphatic carbocycles. The van der Waals surface area contributed by atoms with Crippen molar-refractivity contribution in [3.63, 3.8) is 0 Å². The molecule has 0 amide bonds. The summed E-state index contributed by atoms with van der Waals surface area (Å²) in [5.74, 6) is 0.832. The lowest BCUT2D eigenvalue weighted by atomic mass is 9.84. The fraction of sp³-hybridized carbons (Fsp3) is 0.333. The van der Waals surface area contributed by atoms with Crippen LogP contribution in [0.15, 0.2) is 42.6 Å². The van der Waals surface area contributed by atoms with E-state index in [0.717, 1.165) is 17.9 Å². The van der Waals surface area contributed by atoms with Crippen LogP contribution >= 0.6 is 0 Å². The van der Waals surface area contributed by atoms with Crippen LogP contribution < -0.4 is 5.32 Å². The Hall–Kier alpha value is -1.90. The fourth-order valence-electron chi connectivity index (χ4n) is 1.85. The smallest absolute Gasteiger partial charge is 0.148 e. The van der Waals surface area contributed by atoms with Crippen molar-refractivity contribution in [1.29, 1.82) is 0 Å². The molecule has 0 spiro atoms. The van der Waals surface area contributed by atoms with Crippen LogP contribution in [-0.2, 0) is 5.41 Å². The Morgan fingerprint density at radius 2 is 1.89 bits per heavy atom. The molecule has 1 N–H and O–H groups in total. The number of nitrogens with one attached hydrogen (secondary N) is 1. The molecule has 0 atom stereocenters. The Morgan fingerprint density at radius 3 is 2.56 bits per heavy atom. The van der Waals surface area contributed by atoms with Crippen molar-refractivity contribution < 1.29 is 0 Å². The standard InChI is InChI=1S/C15H19N3/c1-12-9-14(18-17-10-12)16-11-15(2,3)13-7-5-4-6-8-13/h4-10H,11H2,1-3H3,(H,16,18). The van der Waals surface area contributed by atoms with Crippen LogP contribution in [0, 0.1) is 6.92 Å². The van der Waals surface area contributed by atoms with Gasteiger partial charge < -0.3 is 5.32 Å². The summed E-state index contributed by atoms with van der Waals surface area (Å²) in [6.07, 6.45) is 1.76. The molecule has 2 rings (SSSR count). The minimum atomic E-state index is 0.0622. The van der Waals surface area contributed by atoms with Crippen molar-refractivity contribution in [2.45, 2.75) is 26.2 Å². The van der Waals surface area contributed by atoms with E-state index in [9.17, 15) is 0 Å². The Labute approximate surface area is 108 Å². The van der Waals surface area contributed by atoms with E-state index in [2.05, 4.69) is 53.6 Å². The molecule has 0 bridgehead atoms. The second-order valence-electron chi connectivity index (χ2n) is 5.22. The van der Waals surface area contributed by atoms with E-state index in [1.807, 2.05) is 19.1 Å². The maximum Gasteiger partial charge on any atom is 0.148 e. The van der Waals surface area contributed by atoms with Gasteiger partial charge in [-0.2, -0.15) is 5.10 Å². The van der Waals surface area contributed by atoms with E-state index in [-0.39, 0.29) is 5.41 Å². The molecule has 0 saturated carbocycles. The second-order valence-corrected chi connectivity index (χ2v) is 5.22. The van der Waals surface area contributed by atoms with Crippen LogP contribution in [0.1, 0.15) is 25.0 Å². The van der Waals surface area contributed by atoms with E-state index in [1.165, 1.54) is 5.56 Å². The van der Waals surface area contributed by atoms with E-state index < -0.39 is 0 Å². The fourth-order valence-corrected chi connectivity index (χ4v) is 1.85. The van der Waals surface area contributed by atoms with Gasteiger partial charge in [-0.25, -0.2) is 0 Å². The van der Waals surface area contributed by atoms with Gasteiger partial charge in [0.2, 0.25) is 0 Å². The number of anilines is 1. The molecular weight excluding hydrogens is 222 g/mol. The Kier molecular flexibility index (Phi) is 3.60. The average Bonchev–Trinajstić information content (AvgIpc) is 2.38. The first-order valence-electron chi connectivity index (χ1n) is 6.17. The van der Waals surface area contributed by atoms with Gasteiger partial charge in [-0.15, -0.1) is 5.10 Å². The van der Waals surface area contributed by atoms with Gasteiger partial charge in [0.15, 0.2) is 0 Å². The first-order chi connectivity index (χ1) is 8.58. The summed E-state index contributed by atoms with van der Waals surface area (Å²) in [7, 11) is 0. The van der Waals surface area contributed by atoms with Gasteiger partial charge in [0.05, 0.1) is 6.20 Å². The highest BCUT2D eigenvalue weighted by Gasteiger charge is 2.20. The minimum absolute atomic E-state index is 0.0622. The summed E-state index contributed by atoms with van der Waals surface area (Å²) < 4.78 is 0. The molecule has 1 heterocycles. The predicted molar refractivity (Wildman–Crippen MR) is 74.7 cm³/mol. The number of benzene rings is 1. The molecular formula is C15H19N3. The van der Waals surface area contributed by atoms with Gasteiger partial charge in [0.25, 0.3) is 0 Å². The van der Waals surface area contributed by atoms with Gasteiger partial charge in [-0.3, -0.25) is 0 Å². The van der Waals surface area contributed by atoms with Crippen molar-refractivity contribution in [3.05, 3.63) is 53.7 Å². The van der Waals surface area contributed by atoms with Gasteiger partial charge in [-0.05, 0) is 24.1 Å². The summed E-state index contributed by atoms with van der Waals surface area (Å²) in [5, 5.41) is 11.4. The highest BCUT2D eigenvalue weighted by molar-refractivity contribution is 5.37. The normalized spacial score (nSPS) is 11.3. The Morgan fingerprint density at radius 1 is 1.17 bits per heavy atom. The number of aryl methyl sites for hydroxylation is 1. The second kappa shape index (κ2) is 5.17. The van der Waals surface area contributed by atoms with Gasteiger partial charge in [-0.1, -0.05) is 44.2 Å². The van der Waals surface area contributed by atoms with E-state index in [4.69, 9.17) is 0 Å². The molecule has 0 aliphatic heterocycles. The van der Waals surface area contributed by atoms with Gasteiger partial charge in [0, 0.05) is 12.0 Å².